The van der Waals surface area contributed by atoms with Gasteiger partial charge in [-0.25, -0.2) is 4.79 Å². The van der Waals surface area contributed by atoms with E-state index in [4.69, 9.17) is 9.84 Å². The van der Waals surface area contributed by atoms with Gasteiger partial charge in [-0.3, -0.25) is 9.88 Å². The van der Waals surface area contributed by atoms with Crippen molar-refractivity contribution in [1.29, 1.82) is 0 Å². The summed E-state index contributed by atoms with van der Waals surface area (Å²) in [5.41, 5.74) is 2.14. The number of rotatable bonds is 3. The van der Waals surface area contributed by atoms with E-state index in [9.17, 15) is 9.90 Å². The molecule has 116 valence electrons. The van der Waals surface area contributed by atoms with Gasteiger partial charge in [0.1, 0.15) is 5.60 Å². The lowest BCUT2D eigenvalue weighted by molar-refractivity contribution is 0.0240. The molecule has 6 heteroatoms. The Morgan fingerprint density at radius 2 is 2.19 bits per heavy atom. The Kier molecular flexibility index (Phi) is 4.49. The summed E-state index contributed by atoms with van der Waals surface area (Å²) >= 11 is 0. The number of carbonyl (C=O) groups is 1. The van der Waals surface area contributed by atoms with Crippen molar-refractivity contribution in [1.82, 2.24) is 9.88 Å². The van der Waals surface area contributed by atoms with Gasteiger partial charge in [-0.2, -0.15) is 0 Å². The molecule has 21 heavy (non-hydrogen) atoms. The van der Waals surface area contributed by atoms with E-state index in [1.807, 2.05) is 26.8 Å². The summed E-state index contributed by atoms with van der Waals surface area (Å²) in [6, 6.07) is 1.92. The third kappa shape index (κ3) is 4.15. The zero-order valence-electron chi connectivity index (χ0n) is 12.7. The second-order valence-corrected chi connectivity index (χ2v) is 6.33. The van der Waals surface area contributed by atoms with Crippen LogP contribution < -0.4 is 0 Å². The molecule has 6 nitrogen and oxygen atoms in total. The van der Waals surface area contributed by atoms with Gasteiger partial charge >= 0.3 is 6.09 Å². The van der Waals surface area contributed by atoms with Gasteiger partial charge in [0.25, 0.3) is 0 Å². The maximum atomic E-state index is 12.0. The van der Waals surface area contributed by atoms with E-state index in [0.29, 0.717) is 19.5 Å². The first-order valence-corrected chi connectivity index (χ1v) is 7.02. The second-order valence-electron chi connectivity index (χ2n) is 6.33. The summed E-state index contributed by atoms with van der Waals surface area (Å²) in [6.45, 7) is 6.12. The molecule has 0 fully saturated rings. The average Bonchev–Trinajstić information content (AvgIpc) is 2.79. The van der Waals surface area contributed by atoms with E-state index in [2.05, 4.69) is 4.98 Å². The lowest BCUT2D eigenvalue weighted by Crippen LogP contribution is -2.33. The minimum Gasteiger partial charge on any atom is -0.444 e. The molecule has 1 aliphatic heterocycles. The molecule has 1 amide bonds. The van der Waals surface area contributed by atoms with Crippen molar-refractivity contribution in [3.63, 3.8) is 0 Å². The number of hydrogen-bond donors (Lipinski definition) is 2. The fourth-order valence-electron chi connectivity index (χ4n) is 2.21. The standard InChI is InChI=1S/C15H22N2O4/c1-15(2,3)21-14(20)17-7-11-4-10(5-12(19)9-18)6-16-13(11)8-17/h4,6,12,18-19H,5,7-9H2,1-3H3. The molecule has 0 saturated carbocycles. The van der Waals surface area contributed by atoms with Crippen LogP contribution in [0.2, 0.25) is 0 Å². The van der Waals surface area contributed by atoms with E-state index in [-0.39, 0.29) is 12.7 Å². The Hall–Kier alpha value is -1.66. The highest BCUT2D eigenvalue weighted by Gasteiger charge is 2.28. The minimum atomic E-state index is -0.784. The van der Waals surface area contributed by atoms with Crippen molar-refractivity contribution >= 4 is 6.09 Å². The first-order chi connectivity index (χ1) is 9.78. The molecular weight excluding hydrogens is 272 g/mol. The molecule has 0 aliphatic carbocycles. The molecule has 0 radical (unpaired) electrons. The van der Waals surface area contributed by atoms with Crippen LogP contribution in [0.3, 0.4) is 0 Å². The van der Waals surface area contributed by atoms with E-state index >= 15 is 0 Å². The van der Waals surface area contributed by atoms with Gasteiger partial charge in [-0.05, 0) is 31.9 Å². The van der Waals surface area contributed by atoms with Gasteiger partial charge < -0.3 is 14.9 Å². The van der Waals surface area contributed by atoms with Crippen LogP contribution in [0.15, 0.2) is 12.3 Å². The quantitative estimate of drug-likeness (QED) is 0.876. The minimum absolute atomic E-state index is 0.277. The van der Waals surface area contributed by atoms with Crippen molar-refractivity contribution in [2.24, 2.45) is 0 Å². The van der Waals surface area contributed by atoms with E-state index in [1.165, 1.54) is 0 Å². The van der Waals surface area contributed by atoms with Crippen LogP contribution in [0, 0.1) is 0 Å². The smallest absolute Gasteiger partial charge is 0.410 e. The maximum absolute atomic E-state index is 12.0. The van der Waals surface area contributed by atoms with Crippen LogP contribution in [-0.2, 0) is 24.2 Å². The van der Waals surface area contributed by atoms with Gasteiger partial charge in [0.2, 0.25) is 0 Å². The van der Waals surface area contributed by atoms with Crippen molar-refractivity contribution in [3.05, 3.63) is 29.1 Å². The number of aliphatic hydroxyl groups is 2. The van der Waals surface area contributed by atoms with Gasteiger partial charge in [-0.1, -0.05) is 6.07 Å². The summed E-state index contributed by atoms with van der Waals surface area (Å²) in [6.07, 6.45) is 0.894. The fourth-order valence-corrected chi connectivity index (χ4v) is 2.21. The molecule has 1 aromatic heterocycles. The number of nitrogens with zero attached hydrogens (tertiary/aromatic N) is 2. The van der Waals surface area contributed by atoms with Crippen LogP contribution in [-0.4, -0.2) is 44.5 Å². The van der Waals surface area contributed by atoms with Crippen LogP contribution in [0.4, 0.5) is 4.79 Å². The van der Waals surface area contributed by atoms with Gasteiger partial charge in [0.15, 0.2) is 0 Å². The highest BCUT2D eigenvalue weighted by Crippen LogP contribution is 2.24. The SMILES string of the molecule is CC(C)(C)OC(=O)N1Cc2cc(CC(O)CO)cnc2C1. The predicted molar refractivity (Wildman–Crippen MR) is 76.5 cm³/mol. The maximum Gasteiger partial charge on any atom is 0.410 e. The summed E-state index contributed by atoms with van der Waals surface area (Å²) in [5, 5.41) is 18.3. The number of aromatic nitrogens is 1. The normalized spacial score (nSPS) is 15.8. The zero-order chi connectivity index (χ0) is 15.6. The number of fused-ring (bicyclic) bond motifs is 1. The summed E-state index contributed by atoms with van der Waals surface area (Å²) < 4.78 is 5.35. The van der Waals surface area contributed by atoms with Crippen LogP contribution in [0.1, 0.15) is 37.6 Å². The topological polar surface area (TPSA) is 82.9 Å². The number of pyridine rings is 1. The van der Waals surface area contributed by atoms with Crippen LogP contribution in [0.25, 0.3) is 0 Å². The highest BCUT2D eigenvalue weighted by molar-refractivity contribution is 5.69. The van der Waals surface area contributed by atoms with Crippen molar-refractivity contribution in [3.8, 4) is 0 Å². The molecule has 2 rings (SSSR count). The third-order valence-corrected chi connectivity index (χ3v) is 3.15. The molecule has 0 bridgehead atoms. The number of amides is 1. The van der Waals surface area contributed by atoms with Crippen molar-refractivity contribution in [2.45, 2.75) is 52.0 Å². The van der Waals surface area contributed by atoms with E-state index in [0.717, 1.165) is 16.8 Å². The summed E-state index contributed by atoms with van der Waals surface area (Å²) in [4.78, 5) is 18.0. The molecule has 0 spiro atoms. The number of ether oxygens (including phenoxy) is 1. The Morgan fingerprint density at radius 1 is 1.48 bits per heavy atom. The molecular formula is C15H22N2O4. The van der Waals surface area contributed by atoms with E-state index in [1.54, 1.807) is 11.1 Å². The number of carbonyl (C=O) groups excluding carboxylic acids is 1. The Balaban J connectivity index is 2.04. The highest BCUT2D eigenvalue weighted by atomic mass is 16.6. The second kappa shape index (κ2) is 5.99. The lowest BCUT2D eigenvalue weighted by atomic mass is 10.1. The number of hydrogen-bond acceptors (Lipinski definition) is 5. The van der Waals surface area contributed by atoms with Crippen molar-refractivity contribution in [2.75, 3.05) is 6.61 Å². The molecule has 1 unspecified atom stereocenters. The third-order valence-electron chi connectivity index (χ3n) is 3.15. The fraction of sp³-hybridized carbons (Fsp3) is 0.600. The monoisotopic (exact) mass is 294 g/mol. The molecule has 0 aromatic carbocycles. The first-order valence-electron chi connectivity index (χ1n) is 7.02. The molecule has 1 aliphatic rings. The zero-order valence-corrected chi connectivity index (χ0v) is 12.7. The Morgan fingerprint density at radius 3 is 2.81 bits per heavy atom. The largest absolute Gasteiger partial charge is 0.444 e. The molecule has 2 N–H and O–H groups in total. The Bertz CT molecular complexity index is 525. The summed E-state index contributed by atoms with van der Waals surface area (Å²) in [7, 11) is 0. The first kappa shape index (κ1) is 15.7. The van der Waals surface area contributed by atoms with E-state index < -0.39 is 11.7 Å². The van der Waals surface area contributed by atoms with Crippen LogP contribution >= 0.6 is 0 Å². The average molecular weight is 294 g/mol. The van der Waals surface area contributed by atoms with Gasteiger partial charge in [0, 0.05) is 12.6 Å². The van der Waals surface area contributed by atoms with Crippen LogP contribution in [0.5, 0.6) is 0 Å². The number of aliphatic hydroxyl groups excluding tert-OH is 2. The van der Waals surface area contributed by atoms with Crippen molar-refractivity contribution < 1.29 is 19.7 Å². The molecule has 1 aromatic rings. The summed E-state index contributed by atoms with van der Waals surface area (Å²) in [5.74, 6) is 0. The molecule has 0 saturated heterocycles. The molecule has 1 atom stereocenters. The Labute approximate surface area is 124 Å². The molecule has 2 heterocycles. The van der Waals surface area contributed by atoms with Gasteiger partial charge in [0.05, 0.1) is 31.5 Å². The lowest BCUT2D eigenvalue weighted by Gasteiger charge is -2.23. The van der Waals surface area contributed by atoms with Gasteiger partial charge in [-0.15, -0.1) is 0 Å². The predicted octanol–water partition coefficient (Wildman–Crippen LogP) is 1.23.